The normalized spacial score (nSPS) is 10.3. The van der Waals surface area contributed by atoms with E-state index in [9.17, 15) is 9.59 Å². The van der Waals surface area contributed by atoms with E-state index in [4.69, 9.17) is 9.47 Å². The Kier molecular flexibility index (Phi) is 4.24. The molecule has 2 N–H and O–H groups in total. The van der Waals surface area contributed by atoms with Crippen molar-refractivity contribution in [2.24, 2.45) is 0 Å². The zero-order valence-electron chi connectivity index (χ0n) is 11.4. The topological polar surface area (TPSA) is 84.2 Å². The number of H-pyrrole nitrogens is 2. The summed E-state index contributed by atoms with van der Waals surface area (Å²) in [6.45, 7) is 0. The minimum Gasteiger partial charge on any atom is -0.493 e. The molecule has 106 valence electrons. The van der Waals surface area contributed by atoms with Crippen molar-refractivity contribution in [2.45, 2.75) is 12.8 Å². The molecule has 0 fully saturated rings. The van der Waals surface area contributed by atoms with E-state index in [1.165, 1.54) is 6.07 Å². The van der Waals surface area contributed by atoms with Crippen molar-refractivity contribution < 1.29 is 9.47 Å². The van der Waals surface area contributed by atoms with Gasteiger partial charge < -0.3 is 14.6 Å². The number of nitrogens with one attached hydrogen (secondary N) is 2. The zero-order chi connectivity index (χ0) is 14.5. The van der Waals surface area contributed by atoms with Crippen molar-refractivity contribution in [3.05, 3.63) is 56.1 Å². The maximum Gasteiger partial charge on any atom is 0.310 e. The molecule has 6 nitrogen and oxygen atoms in total. The maximum absolute atomic E-state index is 11.3. The maximum atomic E-state index is 11.3. The standard InChI is InChI=1S/C14H16N2O4/c1-19-12-5-3-4-9(13(12)20-2)6-7-10-8-11(17)14(18)16-15-10/h3-5,8H,6-7H2,1-2H3,(H,15,17)(H,16,18). The van der Waals surface area contributed by atoms with Gasteiger partial charge in [0.05, 0.1) is 14.2 Å². The monoisotopic (exact) mass is 276 g/mol. The van der Waals surface area contributed by atoms with Crippen LogP contribution < -0.4 is 20.5 Å². The van der Waals surface area contributed by atoms with Gasteiger partial charge in [-0.15, -0.1) is 0 Å². The van der Waals surface area contributed by atoms with Crippen molar-refractivity contribution in [2.75, 3.05) is 14.2 Å². The van der Waals surface area contributed by atoms with Gasteiger partial charge in [-0.1, -0.05) is 12.1 Å². The Morgan fingerprint density at radius 2 is 1.85 bits per heavy atom. The average Bonchev–Trinajstić information content (AvgIpc) is 2.47. The summed E-state index contributed by atoms with van der Waals surface area (Å²) in [5.74, 6) is 1.35. The third kappa shape index (κ3) is 2.90. The fraction of sp³-hybridized carbons (Fsp3) is 0.286. The van der Waals surface area contributed by atoms with Crippen LogP contribution in [0.25, 0.3) is 0 Å². The number of methoxy groups -OCH3 is 2. The summed E-state index contributed by atoms with van der Waals surface area (Å²) < 4.78 is 10.6. The molecule has 0 amide bonds. The van der Waals surface area contributed by atoms with Gasteiger partial charge in [0.15, 0.2) is 11.5 Å². The van der Waals surface area contributed by atoms with Crippen LogP contribution in [0.4, 0.5) is 0 Å². The molecular weight excluding hydrogens is 260 g/mol. The number of aromatic amines is 2. The summed E-state index contributed by atoms with van der Waals surface area (Å²) in [5, 5.41) is 5.01. The Morgan fingerprint density at radius 3 is 2.50 bits per heavy atom. The first-order valence-corrected chi connectivity index (χ1v) is 6.16. The van der Waals surface area contributed by atoms with Gasteiger partial charge in [-0.05, 0) is 24.5 Å². The Hall–Kier alpha value is -2.50. The highest BCUT2D eigenvalue weighted by Gasteiger charge is 2.09. The third-order valence-corrected chi connectivity index (χ3v) is 3.01. The van der Waals surface area contributed by atoms with E-state index in [0.717, 1.165) is 5.56 Å². The lowest BCUT2D eigenvalue weighted by Crippen LogP contribution is -2.27. The summed E-state index contributed by atoms with van der Waals surface area (Å²) in [6.07, 6.45) is 1.23. The van der Waals surface area contributed by atoms with Crippen LogP contribution in [0.2, 0.25) is 0 Å². The molecule has 1 aromatic heterocycles. The molecule has 0 spiro atoms. The van der Waals surface area contributed by atoms with Crippen LogP contribution in [0.1, 0.15) is 11.3 Å². The highest BCUT2D eigenvalue weighted by molar-refractivity contribution is 5.46. The van der Waals surface area contributed by atoms with Crippen LogP contribution in [0, 0.1) is 0 Å². The predicted octanol–water partition coefficient (Wildman–Crippen LogP) is 0.866. The number of aryl methyl sites for hydroxylation is 2. The van der Waals surface area contributed by atoms with Crippen LogP contribution in [0.5, 0.6) is 11.5 Å². The Morgan fingerprint density at radius 1 is 1.05 bits per heavy atom. The molecule has 0 aliphatic rings. The Bertz CT molecular complexity index is 703. The number of ether oxygens (including phenoxy) is 2. The largest absolute Gasteiger partial charge is 0.493 e. The molecule has 20 heavy (non-hydrogen) atoms. The van der Waals surface area contributed by atoms with Gasteiger partial charge in [0.25, 0.3) is 0 Å². The van der Waals surface area contributed by atoms with E-state index in [1.807, 2.05) is 18.2 Å². The summed E-state index contributed by atoms with van der Waals surface area (Å²) in [6, 6.07) is 6.95. The van der Waals surface area contributed by atoms with E-state index < -0.39 is 11.0 Å². The number of benzene rings is 1. The summed E-state index contributed by atoms with van der Waals surface area (Å²) >= 11 is 0. The van der Waals surface area contributed by atoms with Crippen molar-refractivity contribution >= 4 is 0 Å². The van der Waals surface area contributed by atoms with E-state index in [2.05, 4.69) is 10.2 Å². The lowest BCUT2D eigenvalue weighted by Gasteiger charge is -2.12. The molecule has 1 aromatic carbocycles. The van der Waals surface area contributed by atoms with Gasteiger partial charge >= 0.3 is 5.56 Å². The van der Waals surface area contributed by atoms with Crippen molar-refractivity contribution in [3.8, 4) is 11.5 Å². The third-order valence-electron chi connectivity index (χ3n) is 3.01. The molecule has 0 atom stereocenters. The second-order valence-electron chi connectivity index (χ2n) is 4.27. The van der Waals surface area contributed by atoms with Gasteiger partial charge in [0, 0.05) is 11.8 Å². The first-order chi connectivity index (χ1) is 9.65. The summed E-state index contributed by atoms with van der Waals surface area (Å²) in [4.78, 5) is 22.3. The van der Waals surface area contributed by atoms with E-state index in [-0.39, 0.29) is 0 Å². The SMILES string of the molecule is COc1cccc(CCc2cc(=O)c(=O)[nH][nH]2)c1OC. The first-order valence-electron chi connectivity index (χ1n) is 6.16. The number of para-hydroxylation sites is 1. The van der Waals surface area contributed by atoms with Gasteiger partial charge in [-0.25, -0.2) is 0 Å². The van der Waals surface area contributed by atoms with E-state index >= 15 is 0 Å². The number of hydrogen-bond acceptors (Lipinski definition) is 4. The molecule has 0 unspecified atom stereocenters. The first kappa shape index (κ1) is 13.9. The smallest absolute Gasteiger partial charge is 0.310 e. The lowest BCUT2D eigenvalue weighted by molar-refractivity contribution is 0.351. The molecule has 0 bridgehead atoms. The molecule has 0 aliphatic heterocycles. The molecule has 2 aromatic rings. The molecule has 6 heteroatoms. The van der Waals surface area contributed by atoms with Crippen LogP contribution in [0.15, 0.2) is 33.9 Å². The Balaban J connectivity index is 2.20. The van der Waals surface area contributed by atoms with Gasteiger partial charge in [-0.2, -0.15) is 0 Å². The van der Waals surface area contributed by atoms with Gasteiger partial charge in [0.2, 0.25) is 5.43 Å². The number of rotatable bonds is 5. The second kappa shape index (κ2) is 6.10. The molecular formula is C14H16N2O4. The predicted molar refractivity (Wildman–Crippen MR) is 74.6 cm³/mol. The highest BCUT2D eigenvalue weighted by atomic mass is 16.5. The van der Waals surface area contributed by atoms with Crippen molar-refractivity contribution in [1.82, 2.24) is 10.2 Å². The van der Waals surface area contributed by atoms with E-state index in [1.54, 1.807) is 14.2 Å². The van der Waals surface area contributed by atoms with E-state index in [0.29, 0.717) is 30.0 Å². The van der Waals surface area contributed by atoms with Crippen LogP contribution >= 0.6 is 0 Å². The minimum absolute atomic E-state index is 0.545. The van der Waals surface area contributed by atoms with Gasteiger partial charge in [0.1, 0.15) is 0 Å². The molecule has 0 aliphatic carbocycles. The average molecular weight is 276 g/mol. The quantitative estimate of drug-likeness (QED) is 0.793. The molecule has 2 rings (SSSR count). The lowest BCUT2D eigenvalue weighted by atomic mass is 10.1. The molecule has 0 saturated carbocycles. The van der Waals surface area contributed by atoms with Crippen LogP contribution in [-0.4, -0.2) is 24.4 Å². The number of aromatic nitrogens is 2. The summed E-state index contributed by atoms with van der Waals surface area (Å²) in [7, 11) is 3.17. The van der Waals surface area contributed by atoms with Crippen molar-refractivity contribution in [1.29, 1.82) is 0 Å². The number of hydrogen-bond donors (Lipinski definition) is 2. The van der Waals surface area contributed by atoms with Crippen LogP contribution in [-0.2, 0) is 12.8 Å². The molecule has 0 saturated heterocycles. The Labute approximate surface area is 115 Å². The minimum atomic E-state index is -0.646. The zero-order valence-corrected chi connectivity index (χ0v) is 11.4. The molecule has 0 radical (unpaired) electrons. The fourth-order valence-electron chi connectivity index (χ4n) is 2.01. The van der Waals surface area contributed by atoms with Crippen LogP contribution in [0.3, 0.4) is 0 Å². The van der Waals surface area contributed by atoms with Crippen molar-refractivity contribution in [3.63, 3.8) is 0 Å². The van der Waals surface area contributed by atoms with Gasteiger partial charge in [-0.3, -0.25) is 14.7 Å². The molecule has 1 heterocycles. The second-order valence-corrected chi connectivity index (χ2v) is 4.27. The highest BCUT2D eigenvalue weighted by Crippen LogP contribution is 2.31. The summed E-state index contributed by atoms with van der Waals surface area (Å²) in [5.41, 5.74) is 0.447. The fourth-order valence-corrected chi connectivity index (χ4v) is 2.01.